The van der Waals surface area contributed by atoms with E-state index in [0.29, 0.717) is 50.0 Å². The molecule has 0 saturated carbocycles. The minimum absolute atomic E-state index is 0.131. The van der Waals surface area contributed by atoms with Crippen molar-refractivity contribution in [2.45, 2.75) is 13.5 Å². The van der Waals surface area contributed by atoms with Crippen LogP contribution in [0.4, 0.5) is 9.18 Å². The molecule has 0 atom stereocenters. The van der Waals surface area contributed by atoms with E-state index >= 15 is 0 Å². The highest BCUT2D eigenvalue weighted by molar-refractivity contribution is 8.18. The SMILES string of the molecule is CCOc1cc(/C=C2\SC(=O)N(Cc3ccccc3F)C2=O)ccc1OCC(=O)N1CCOCC1. The highest BCUT2D eigenvalue weighted by Gasteiger charge is 2.35. The Morgan fingerprint density at radius 2 is 1.89 bits per heavy atom. The van der Waals surface area contributed by atoms with Crippen LogP contribution in [0.1, 0.15) is 18.1 Å². The number of thioether (sulfide) groups is 1. The first kappa shape index (κ1) is 24.7. The number of imide groups is 1. The predicted octanol–water partition coefficient (Wildman–Crippen LogP) is 3.70. The molecule has 2 aromatic carbocycles. The summed E-state index contributed by atoms with van der Waals surface area (Å²) < 4.78 is 30.6. The minimum Gasteiger partial charge on any atom is -0.490 e. The second kappa shape index (κ2) is 11.4. The Balaban J connectivity index is 1.46. The van der Waals surface area contributed by atoms with Gasteiger partial charge in [0.15, 0.2) is 18.1 Å². The van der Waals surface area contributed by atoms with Gasteiger partial charge in [0.25, 0.3) is 17.1 Å². The molecule has 3 amide bonds. The van der Waals surface area contributed by atoms with Crippen LogP contribution in [0.3, 0.4) is 0 Å². The summed E-state index contributed by atoms with van der Waals surface area (Å²) in [4.78, 5) is 40.6. The molecule has 0 aliphatic carbocycles. The summed E-state index contributed by atoms with van der Waals surface area (Å²) in [5, 5.41) is -0.462. The van der Waals surface area contributed by atoms with Crippen LogP contribution in [0.25, 0.3) is 6.08 Å². The van der Waals surface area contributed by atoms with Gasteiger partial charge in [-0.3, -0.25) is 19.3 Å². The van der Waals surface area contributed by atoms with Crippen molar-refractivity contribution in [1.82, 2.24) is 9.80 Å². The number of nitrogens with zero attached hydrogens (tertiary/aromatic N) is 2. The Labute approximate surface area is 206 Å². The topological polar surface area (TPSA) is 85.4 Å². The quantitative estimate of drug-likeness (QED) is 0.511. The molecule has 2 aliphatic heterocycles. The summed E-state index contributed by atoms with van der Waals surface area (Å²) >= 11 is 0.799. The third-order valence-corrected chi connectivity index (χ3v) is 6.35. The number of amides is 3. The number of carbonyl (C=O) groups is 3. The van der Waals surface area contributed by atoms with Gasteiger partial charge in [0.05, 0.1) is 31.3 Å². The third-order valence-electron chi connectivity index (χ3n) is 5.44. The molecule has 0 radical (unpaired) electrons. The Hall–Kier alpha value is -3.37. The van der Waals surface area contributed by atoms with Gasteiger partial charge in [0, 0.05) is 18.7 Å². The number of hydrogen-bond acceptors (Lipinski definition) is 7. The van der Waals surface area contributed by atoms with Gasteiger partial charge >= 0.3 is 0 Å². The first-order chi connectivity index (χ1) is 17.0. The van der Waals surface area contributed by atoms with Crippen LogP contribution in [0.5, 0.6) is 11.5 Å². The molecule has 2 fully saturated rings. The molecule has 184 valence electrons. The number of benzene rings is 2. The van der Waals surface area contributed by atoms with E-state index in [1.165, 1.54) is 6.07 Å². The predicted molar refractivity (Wildman–Crippen MR) is 128 cm³/mol. The summed E-state index contributed by atoms with van der Waals surface area (Å²) in [5.74, 6) is -0.277. The average Bonchev–Trinajstić information content (AvgIpc) is 3.12. The van der Waals surface area contributed by atoms with Gasteiger partial charge in [-0.15, -0.1) is 0 Å². The van der Waals surface area contributed by atoms with Gasteiger partial charge in [-0.1, -0.05) is 24.3 Å². The van der Waals surface area contributed by atoms with Crippen molar-refractivity contribution in [2.24, 2.45) is 0 Å². The van der Waals surface area contributed by atoms with Gasteiger partial charge in [-0.05, 0) is 48.5 Å². The molecular weight excluding hydrogens is 475 g/mol. The van der Waals surface area contributed by atoms with Crippen molar-refractivity contribution < 1.29 is 33.0 Å². The second-order valence-corrected chi connectivity index (χ2v) is 8.77. The Morgan fingerprint density at radius 3 is 2.63 bits per heavy atom. The molecule has 35 heavy (non-hydrogen) atoms. The van der Waals surface area contributed by atoms with Crippen molar-refractivity contribution in [3.05, 3.63) is 64.3 Å². The monoisotopic (exact) mass is 500 g/mol. The Kier molecular flexibility index (Phi) is 8.04. The van der Waals surface area contributed by atoms with Gasteiger partial charge in [-0.25, -0.2) is 4.39 Å². The summed E-state index contributed by atoms with van der Waals surface area (Å²) in [5.41, 5.74) is 0.888. The van der Waals surface area contributed by atoms with Crippen molar-refractivity contribution in [3.8, 4) is 11.5 Å². The maximum atomic E-state index is 14.0. The van der Waals surface area contributed by atoms with Crippen LogP contribution in [0, 0.1) is 5.82 Å². The molecule has 0 unspecified atom stereocenters. The summed E-state index contributed by atoms with van der Waals surface area (Å²) in [6.07, 6.45) is 1.58. The molecule has 2 aromatic rings. The number of rotatable bonds is 8. The number of ether oxygens (including phenoxy) is 3. The van der Waals surface area contributed by atoms with E-state index in [4.69, 9.17) is 14.2 Å². The van der Waals surface area contributed by atoms with Crippen LogP contribution in [0.15, 0.2) is 47.4 Å². The van der Waals surface area contributed by atoms with Crippen LogP contribution in [0.2, 0.25) is 0 Å². The maximum absolute atomic E-state index is 14.0. The Bertz CT molecular complexity index is 1150. The molecule has 0 bridgehead atoms. The van der Waals surface area contributed by atoms with E-state index in [1.54, 1.807) is 47.4 Å². The van der Waals surface area contributed by atoms with Crippen LogP contribution in [-0.2, 0) is 20.9 Å². The molecule has 4 rings (SSSR count). The van der Waals surface area contributed by atoms with E-state index in [-0.39, 0.29) is 29.5 Å². The van der Waals surface area contributed by atoms with Gasteiger partial charge < -0.3 is 19.1 Å². The van der Waals surface area contributed by atoms with E-state index < -0.39 is 17.0 Å². The first-order valence-corrected chi connectivity index (χ1v) is 12.0. The molecule has 0 spiro atoms. The fraction of sp³-hybridized carbons (Fsp3) is 0.320. The fourth-order valence-corrected chi connectivity index (χ4v) is 4.47. The second-order valence-electron chi connectivity index (χ2n) is 7.78. The fourth-order valence-electron chi connectivity index (χ4n) is 3.63. The van der Waals surface area contributed by atoms with E-state index in [1.807, 2.05) is 6.92 Å². The van der Waals surface area contributed by atoms with E-state index in [9.17, 15) is 18.8 Å². The van der Waals surface area contributed by atoms with Crippen LogP contribution >= 0.6 is 11.8 Å². The molecule has 2 heterocycles. The normalized spacial score (nSPS) is 17.3. The van der Waals surface area contributed by atoms with Crippen LogP contribution < -0.4 is 9.47 Å². The lowest BCUT2D eigenvalue weighted by Gasteiger charge is -2.26. The highest BCUT2D eigenvalue weighted by Crippen LogP contribution is 2.35. The van der Waals surface area contributed by atoms with Crippen molar-refractivity contribution >= 4 is 34.9 Å². The Morgan fingerprint density at radius 1 is 1.11 bits per heavy atom. The number of hydrogen-bond donors (Lipinski definition) is 0. The molecule has 2 aliphatic rings. The number of halogens is 1. The highest BCUT2D eigenvalue weighted by atomic mass is 32.2. The summed E-state index contributed by atoms with van der Waals surface area (Å²) in [7, 11) is 0. The number of carbonyl (C=O) groups excluding carboxylic acids is 3. The standard InChI is InChI=1S/C25H25FN2O6S/c1-2-33-21-13-17(7-8-20(21)34-16-23(29)27-9-11-32-12-10-27)14-22-24(30)28(25(31)35-22)15-18-5-3-4-6-19(18)26/h3-8,13-14H,2,9-12,15-16H2,1H3/b22-14-. The molecule has 0 N–H and O–H groups in total. The summed E-state index contributed by atoms with van der Waals surface area (Å²) in [6.45, 7) is 4.01. The molecular formula is C25H25FN2O6S. The van der Waals surface area contributed by atoms with Gasteiger partial charge in [0.1, 0.15) is 5.82 Å². The summed E-state index contributed by atoms with van der Waals surface area (Å²) in [6, 6.07) is 11.1. The van der Waals surface area contributed by atoms with Crippen molar-refractivity contribution in [3.63, 3.8) is 0 Å². The maximum Gasteiger partial charge on any atom is 0.293 e. The smallest absolute Gasteiger partial charge is 0.293 e. The van der Waals surface area contributed by atoms with E-state index in [2.05, 4.69) is 0 Å². The lowest BCUT2D eigenvalue weighted by atomic mass is 10.1. The zero-order chi connectivity index (χ0) is 24.8. The van der Waals surface area contributed by atoms with E-state index in [0.717, 1.165) is 16.7 Å². The van der Waals surface area contributed by atoms with Crippen molar-refractivity contribution in [1.29, 1.82) is 0 Å². The van der Waals surface area contributed by atoms with Crippen molar-refractivity contribution in [2.75, 3.05) is 39.5 Å². The largest absolute Gasteiger partial charge is 0.490 e. The zero-order valence-corrected chi connectivity index (χ0v) is 20.0. The minimum atomic E-state index is -0.488. The molecule has 0 aromatic heterocycles. The lowest BCUT2D eigenvalue weighted by molar-refractivity contribution is -0.137. The lowest BCUT2D eigenvalue weighted by Crippen LogP contribution is -2.43. The molecule has 2 saturated heterocycles. The van der Waals surface area contributed by atoms with Gasteiger partial charge in [0.2, 0.25) is 0 Å². The number of morpholine rings is 1. The molecule has 8 nitrogen and oxygen atoms in total. The zero-order valence-electron chi connectivity index (χ0n) is 19.2. The third kappa shape index (κ3) is 6.01. The van der Waals surface area contributed by atoms with Crippen LogP contribution in [-0.4, -0.2) is 66.4 Å². The first-order valence-electron chi connectivity index (χ1n) is 11.2. The van der Waals surface area contributed by atoms with Gasteiger partial charge in [-0.2, -0.15) is 0 Å². The molecule has 10 heteroatoms. The average molecular weight is 501 g/mol.